The number of carbonyl (C=O) groups is 1. The maximum atomic E-state index is 13.2. The monoisotopic (exact) mass is 411 g/mol. The highest BCUT2D eigenvalue weighted by Crippen LogP contribution is 2.28. The molecule has 0 saturated carbocycles. The number of aliphatic hydroxyl groups is 1. The molecule has 0 fully saturated rings. The van der Waals surface area contributed by atoms with Crippen molar-refractivity contribution in [3.63, 3.8) is 0 Å². The molecule has 150 valence electrons. The van der Waals surface area contributed by atoms with E-state index < -0.39 is 0 Å². The average Bonchev–Trinajstić information content (AvgIpc) is 3.14. The largest absolute Gasteiger partial charge is 0.390 e. The number of carbonyl (C=O) groups excluding carboxylic acids is 1. The molecule has 4 rings (SSSR count). The first-order chi connectivity index (χ1) is 14.2. The number of imidazole rings is 1. The van der Waals surface area contributed by atoms with Crippen LogP contribution in [0.1, 0.15) is 23.2 Å². The zero-order chi connectivity index (χ0) is 20.2. The second-order valence-electron chi connectivity index (χ2n) is 6.97. The van der Waals surface area contributed by atoms with Crippen LogP contribution in [0.4, 0.5) is 10.1 Å². The Hall–Kier alpha value is -2.64. The van der Waals surface area contributed by atoms with E-state index in [0.717, 1.165) is 30.6 Å². The van der Waals surface area contributed by atoms with Crippen LogP contribution in [0.25, 0.3) is 0 Å². The molecule has 1 N–H and O–H groups in total. The fraction of sp³-hybridized carbons (Fsp3) is 0.273. The van der Waals surface area contributed by atoms with Crippen molar-refractivity contribution in [1.29, 1.82) is 0 Å². The molecule has 7 heteroatoms. The second-order valence-corrected chi connectivity index (χ2v) is 7.91. The predicted octanol–water partition coefficient (Wildman–Crippen LogP) is 3.63. The molecule has 2 heterocycles. The summed E-state index contributed by atoms with van der Waals surface area (Å²) in [7, 11) is 0. The molecular formula is C22H22FN3O2S. The van der Waals surface area contributed by atoms with Gasteiger partial charge < -0.3 is 14.6 Å². The van der Waals surface area contributed by atoms with E-state index >= 15 is 0 Å². The number of anilines is 1. The third-order valence-corrected chi connectivity index (χ3v) is 6.03. The van der Waals surface area contributed by atoms with Crippen LogP contribution in [0.3, 0.4) is 0 Å². The number of thioether (sulfide) groups is 1. The molecule has 5 nitrogen and oxygen atoms in total. The first-order valence-corrected chi connectivity index (χ1v) is 10.5. The molecule has 1 aromatic heterocycles. The van der Waals surface area contributed by atoms with Crippen molar-refractivity contribution in [2.24, 2.45) is 0 Å². The van der Waals surface area contributed by atoms with E-state index in [4.69, 9.17) is 0 Å². The molecule has 1 aliphatic heterocycles. The van der Waals surface area contributed by atoms with Crippen LogP contribution in [0.15, 0.2) is 59.9 Å². The van der Waals surface area contributed by atoms with Gasteiger partial charge in [-0.3, -0.25) is 4.79 Å². The fourth-order valence-electron chi connectivity index (χ4n) is 3.57. The summed E-state index contributed by atoms with van der Waals surface area (Å²) in [6.07, 6.45) is 3.57. The fourth-order valence-corrected chi connectivity index (χ4v) is 4.45. The molecule has 0 aliphatic carbocycles. The minimum atomic E-state index is -0.288. The van der Waals surface area contributed by atoms with Crippen molar-refractivity contribution >= 4 is 23.4 Å². The number of halogens is 1. The molecule has 0 unspecified atom stereocenters. The Balaban J connectivity index is 1.48. The van der Waals surface area contributed by atoms with Gasteiger partial charge in [-0.2, -0.15) is 0 Å². The Labute approximate surface area is 173 Å². The first-order valence-electron chi connectivity index (χ1n) is 9.56. The van der Waals surface area contributed by atoms with E-state index in [1.54, 1.807) is 18.3 Å². The summed E-state index contributed by atoms with van der Waals surface area (Å²) in [5, 5.41) is 10.3. The summed E-state index contributed by atoms with van der Waals surface area (Å²) in [4.78, 5) is 19.1. The maximum Gasteiger partial charge on any atom is 0.237 e. The molecule has 0 spiro atoms. The second kappa shape index (κ2) is 8.80. The topological polar surface area (TPSA) is 58.4 Å². The summed E-state index contributed by atoms with van der Waals surface area (Å²) >= 11 is 1.36. The number of aryl methyl sites for hydroxylation is 1. The number of aromatic nitrogens is 2. The van der Waals surface area contributed by atoms with E-state index in [2.05, 4.69) is 11.1 Å². The molecule has 2 aromatic carbocycles. The van der Waals surface area contributed by atoms with Gasteiger partial charge in [0.1, 0.15) is 5.82 Å². The van der Waals surface area contributed by atoms with Crippen LogP contribution >= 0.6 is 11.8 Å². The van der Waals surface area contributed by atoms with Gasteiger partial charge in [0.2, 0.25) is 5.91 Å². The van der Waals surface area contributed by atoms with Gasteiger partial charge in [0, 0.05) is 18.8 Å². The van der Waals surface area contributed by atoms with Gasteiger partial charge in [-0.15, -0.1) is 0 Å². The minimum Gasteiger partial charge on any atom is -0.390 e. The predicted molar refractivity (Wildman–Crippen MR) is 111 cm³/mol. The highest BCUT2D eigenvalue weighted by atomic mass is 32.2. The smallest absolute Gasteiger partial charge is 0.237 e. The Morgan fingerprint density at radius 3 is 2.76 bits per heavy atom. The summed E-state index contributed by atoms with van der Waals surface area (Å²) in [6.45, 7) is 1.03. The summed E-state index contributed by atoms with van der Waals surface area (Å²) in [5.41, 5.74) is 3.76. The average molecular weight is 412 g/mol. The zero-order valence-corrected chi connectivity index (χ0v) is 16.7. The van der Waals surface area contributed by atoms with Gasteiger partial charge >= 0.3 is 0 Å². The van der Waals surface area contributed by atoms with Crippen molar-refractivity contribution in [1.82, 2.24) is 9.55 Å². The third kappa shape index (κ3) is 4.36. The van der Waals surface area contributed by atoms with Crippen LogP contribution in [0.2, 0.25) is 0 Å². The number of hydrogen-bond donors (Lipinski definition) is 1. The molecule has 0 bridgehead atoms. The molecule has 29 heavy (non-hydrogen) atoms. The van der Waals surface area contributed by atoms with Crippen molar-refractivity contribution in [2.75, 3.05) is 17.2 Å². The van der Waals surface area contributed by atoms with Crippen LogP contribution in [-0.4, -0.2) is 32.9 Å². The van der Waals surface area contributed by atoms with Crippen molar-refractivity contribution in [2.45, 2.75) is 31.1 Å². The van der Waals surface area contributed by atoms with Crippen LogP contribution < -0.4 is 4.90 Å². The van der Waals surface area contributed by atoms with Crippen LogP contribution in [0, 0.1) is 5.82 Å². The lowest BCUT2D eigenvalue weighted by atomic mass is 10.0. The number of para-hydroxylation sites is 1. The molecular weight excluding hydrogens is 389 g/mol. The lowest BCUT2D eigenvalue weighted by Gasteiger charge is -2.29. The van der Waals surface area contributed by atoms with Crippen molar-refractivity contribution < 1.29 is 14.3 Å². The van der Waals surface area contributed by atoms with E-state index in [0.29, 0.717) is 17.4 Å². The minimum absolute atomic E-state index is 0.0454. The summed E-state index contributed by atoms with van der Waals surface area (Å²) in [5.74, 6) is 0.0207. The lowest BCUT2D eigenvalue weighted by Crippen LogP contribution is -2.36. The molecule has 1 amide bonds. The highest BCUT2D eigenvalue weighted by molar-refractivity contribution is 7.99. The van der Waals surface area contributed by atoms with Crippen molar-refractivity contribution in [3.05, 3.63) is 77.4 Å². The van der Waals surface area contributed by atoms with Gasteiger partial charge in [0.05, 0.1) is 24.3 Å². The Kier molecular flexibility index (Phi) is 5.97. The van der Waals surface area contributed by atoms with Crippen LogP contribution in [-0.2, 0) is 24.4 Å². The maximum absolute atomic E-state index is 13.2. The van der Waals surface area contributed by atoms with Crippen LogP contribution in [0.5, 0.6) is 0 Å². The summed E-state index contributed by atoms with van der Waals surface area (Å²) in [6, 6.07) is 14.3. The third-order valence-electron chi connectivity index (χ3n) is 5.05. The SMILES string of the molecule is O=C(CSc1ncc(CO)n1Cc1ccc(F)cc1)N1CCCc2ccccc21. The Bertz CT molecular complexity index is 1000. The quantitative estimate of drug-likeness (QED) is 0.630. The normalized spacial score (nSPS) is 13.4. The van der Waals surface area contributed by atoms with Gasteiger partial charge in [0.15, 0.2) is 5.16 Å². The van der Waals surface area contributed by atoms with Gasteiger partial charge in [0.25, 0.3) is 0 Å². The zero-order valence-electron chi connectivity index (χ0n) is 15.9. The number of aliphatic hydroxyl groups excluding tert-OH is 1. The first kappa shape index (κ1) is 19.7. The van der Waals surface area contributed by atoms with Gasteiger partial charge in [-0.25, -0.2) is 9.37 Å². The Morgan fingerprint density at radius 2 is 1.97 bits per heavy atom. The van der Waals surface area contributed by atoms with Gasteiger partial charge in [-0.05, 0) is 42.2 Å². The number of rotatable bonds is 6. The van der Waals surface area contributed by atoms with E-state index in [-0.39, 0.29) is 24.1 Å². The highest BCUT2D eigenvalue weighted by Gasteiger charge is 2.23. The molecule has 0 atom stereocenters. The Morgan fingerprint density at radius 1 is 1.17 bits per heavy atom. The molecule has 3 aromatic rings. The molecule has 0 radical (unpaired) electrons. The lowest BCUT2D eigenvalue weighted by molar-refractivity contribution is -0.116. The summed E-state index contributed by atoms with van der Waals surface area (Å²) < 4.78 is 15.0. The standard InChI is InChI=1S/C22H22FN3O2S/c23-18-9-7-16(8-10-18)13-26-19(14-27)12-24-22(26)29-15-21(28)25-11-3-5-17-4-1-2-6-20(17)25/h1-2,4,6-10,12,27H,3,5,11,13-15H2. The van der Waals surface area contributed by atoms with Gasteiger partial charge in [-0.1, -0.05) is 42.1 Å². The number of hydrogen-bond acceptors (Lipinski definition) is 4. The molecule has 0 saturated heterocycles. The number of amides is 1. The number of fused-ring (bicyclic) bond motifs is 1. The van der Waals surface area contributed by atoms with E-state index in [1.165, 1.54) is 29.5 Å². The van der Waals surface area contributed by atoms with Crippen molar-refractivity contribution in [3.8, 4) is 0 Å². The van der Waals surface area contributed by atoms with E-state index in [9.17, 15) is 14.3 Å². The number of benzene rings is 2. The number of nitrogens with zero attached hydrogens (tertiary/aromatic N) is 3. The molecule has 1 aliphatic rings. The van der Waals surface area contributed by atoms with E-state index in [1.807, 2.05) is 27.7 Å².